The van der Waals surface area contributed by atoms with E-state index in [-0.39, 0.29) is 18.6 Å². The van der Waals surface area contributed by atoms with Gasteiger partial charge in [0.25, 0.3) is 11.5 Å². The molecular weight excluding hydrogens is 388 g/mol. The number of hydrogen-bond acceptors (Lipinski definition) is 3. The van der Waals surface area contributed by atoms with Gasteiger partial charge in [0.05, 0.1) is 22.2 Å². The maximum atomic E-state index is 14.9. The predicted octanol–water partition coefficient (Wildman–Crippen LogP) is 3.65. The Morgan fingerprint density at radius 1 is 1.30 bits per heavy atom. The number of H-pyrrole nitrogens is 1. The van der Waals surface area contributed by atoms with Gasteiger partial charge >= 0.3 is 0 Å². The van der Waals surface area contributed by atoms with Crippen molar-refractivity contribution >= 4 is 10.9 Å². The van der Waals surface area contributed by atoms with Gasteiger partial charge in [0.1, 0.15) is 6.23 Å². The van der Waals surface area contributed by atoms with Crippen LogP contribution in [0.2, 0.25) is 0 Å². The molecule has 2 aliphatic rings. The van der Waals surface area contributed by atoms with Crippen LogP contribution in [0.1, 0.15) is 28.5 Å². The number of nitrogens with one attached hydrogen (secondary N) is 1. The van der Waals surface area contributed by atoms with Crippen molar-refractivity contribution in [3.63, 3.8) is 0 Å². The molecule has 5 rings (SSSR count). The number of alkyl halides is 2. The molecule has 1 N–H and O–H groups in total. The Morgan fingerprint density at radius 2 is 2.07 bits per heavy atom. The van der Waals surface area contributed by atoms with Crippen LogP contribution in [0.4, 0.5) is 8.78 Å². The summed E-state index contributed by atoms with van der Waals surface area (Å²) in [6, 6.07) is 7.43. The fourth-order valence-electron chi connectivity index (χ4n) is 5.46. The third kappa shape index (κ3) is 2.36. The monoisotopic (exact) mass is 413 g/mol. The summed E-state index contributed by atoms with van der Waals surface area (Å²) >= 11 is 0. The van der Waals surface area contributed by atoms with E-state index >= 15 is 0 Å². The number of aromatic nitrogens is 2. The molecule has 1 saturated carbocycles. The van der Waals surface area contributed by atoms with Crippen LogP contribution in [0.15, 0.2) is 41.5 Å². The largest absolute Gasteiger partial charge is 0.362 e. The van der Waals surface area contributed by atoms with Gasteiger partial charge in [-0.3, -0.25) is 9.69 Å². The molecular formula is C23H25F2N3O2. The summed E-state index contributed by atoms with van der Waals surface area (Å²) in [6.45, 7) is 4.26. The van der Waals surface area contributed by atoms with Gasteiger partial charge in [0.2, 0.25) is 0 Å². The van der Waals surface area contributed by atoms with Crippen LogP contribution in [-0.4, -0.2) is 40.6 Å². The van der Waals surface area contributed by atoms with E-state index in [0.29, 0.717) is 16.5 Å². The lowest BCUT2D eigenvalue weighted by Gasteiger charge is -2.30. The minimum absolute atomic E-state index is 0.128. The van der Waals surface area contributed by atoms with Gasteiger partial charge in [-0.05, 0) is 25.0 Å². The average Bonchev–Trinajstić information content (AvgIpc) is 3.12. The molecule has 1 aliphatic carbocycles. The highest BCUT2D eigenvalue weighted by Gasteiger charge is 2.84. The molecule has 3 unspecified atom stereocenters. The number of aromatic amines is 1. The standard InChI is InChI=1S/C23H25F2N3O2/c1-13-6-5-7-15(8-13)22-12-28(11-17(22)23(22,24)25)21(30-4)16-9-26-19-14(2)10-27(3)20(29)18(16)19/h5-10,17,21,26H,11-12H2,1-4H3. The number of nitrogens with zero attached hydrogens (tertiary/aromatic N) is 2. The quantitative estimate of drug-likeness (QED) is 0.711. The van der Waals surface area contributed by atoms with Gasteiger partial charge in [0, 0.05) is 45.2 Å². The second-order valence-corrected chi connectivity index (χ2v) is 8.76. The SMILES string of the molecule is COC(c1c[nH]c2c(C)cn(C)c(=O)c12)N1CC2C(F)(F)C2(c2cccc(C)c2)C1. The Balaban J connectivity index is 1.56. The number of hydrogen-bond donors (Lipinski definition) is 1. The smallest absolute Gasteiger partial charge is 0.264 e. The summed E-state index contributed by atoms with van der Waals surface area (Å²) in [7, 11) is 3.27. The van der Waals surface area contributed by atoms with Crippen molar-refractivity contribution in [2.24, 2.45) is 13.0 Å². The van der Waals surface area contributed by atoms with Gasteiger partial charge in [-0.1, -0.05) is 29.8 Å². The molecule has 3 aromatic rings. The van der Waals surface area contributed by atoms with Crippen LogP contribution in [-0.2, 0) is 17.2 Å². The van der Waals surface area contributed by atoms with Gasteiger partial charge in [0.15, 0.2) is 0 Å². The van der Waals surface area contributed by atoms with E-state index in [1.807, 2.05) is 36.9 Å². The van der Waals surface area contributed by atoms with E-state index < -0.39 is 23.5 Å². The molecule has 3 atom stereocenters. The number of piperidine rings is 1. The highest BCUT2D eigenvalue weighted by atomic mass is 19.3. The Labute approximate surface area is 173 Å². The summed E-state index contributed by atoms with van der Waals surface area (Å²) in [5, 5.41) is 0.557. The van der Waals surface area contributed by atoms with E-state index in [1.54, 1.807) is 37.2 Å². The molecule has 1 aromatic carbocycles. The number of aryl methyl sites for hydroxylation is 3. The second-order valence-electron chi connectivity index (χ2n) is 8.76. The number of pyridine rings is 1. The Hall–Kier alpha value is -2.51. The minimum atomic E-state index is -2.73. The number of fused-ring (bicyclic) bond motifs is 2. The molecule has 0 radical (unpaired) electrons. The number of benzene rings is 1. The van der Waals surface area contributed by atoms with Gasteiger partial charge in [-0.25, -0.2) is 8.78 Å². The summed E-state index contributed by atoms with van der Waals surface area (Å²) < 4.78 is 37.1. The molecule has 3 heterocycles. The maximum absolute atomic E-state index is 14.9. The molecule has 158 valence electrons. The maximum Gasteiger partial charge on any atom is 0.264 e. The van der Waals surface area contributed by atoms with Gasteiger partial charge in [-0.15, -0.1) is 0 Å². The van der Waals surface area contributed by atoms with Crippen LogP contribution in [0, 0.1) is 19.8 Å². The molecule has 0 spiro atoms. The van der Waals surface area contributed by atoms with Crippen molar-refractivity contribution in [2.45, 2.75) is 31.4 Å². The Kier molecular flexibility index (Phi) is 4.05. The van der Waals surface area contributed by atoms with Gasteiger partial charge in [-0.2, -0.15) is 0 Å². The molecule has 7 heteroatoms. The summed E-state index contributed by atoms with van der Waals surface area (Å²) in [4.78, 5) is 18.0. The molecule has 1 saturated heterocycles. The molecule has 2 aromatic heterocycles. The summed E-state index contributed by atoms with van der Waals surface area (Å²) in [6.07, 6.45) is 2.98. The Morgan fingerprint density at radius 3 is 2.77 bits per heavy atom. The first-order chi connectivity index (χ1) is 14.2. The second kappa shape index (κ2) is 6.25. The van der Waals surface area contributed by atoms with Crippen LogP contribution < -0.4 is 5.56 Å². The lowest BCUT2D eigenvalue weighted by atomic mass is 9.93. The summed E-state index contributed by atoms with van der Waals surface area (Å²) in [5.41, 5.74) is 2.74. The molecule has 0 amide bonds. The molecule has 2 fully saturated rings. The van der Waals surface area contributed by atoms with E-state index in [9.17, 15) is 13.6 Å². The average molecular weight is 413 g/mol. The van der Waals surface area contributed by atoms with Crippen molar-refractivity contribution in [1.82, 2.24) is 14.5 Å². The zero-order valence-electron chi connectivity index (χ0n) is 17.5. The van der Waals surface area contributed by atoms with Crippen molar-refractivity contribution in [2.75, 3.05) is 20.2 Å². The lowest BCUT2D eigenvalue weighted by molar-refractivity contribution is -0.0521. The number of rotatable bonds is 4. The van der Waals surface area contributed by atoms with Crippen LogP contribution in [0.5, 0.6) is 0 Å². The van der Waals surface area contributed by atoms with Crippen LogP contribution in [0.25, 0.3) is 10.9 Å². The van der Waals surface area contributed by atoms with Gasteiger partial charge < -0.3 is 14.3 Å². The highest BCUT2D eigenvalue weighted by molar-refractivity contribution is 5.85. The van der Waals surface area contributed by atoms with Crippen molar-refractivity contribution < 1.29 is 13.5 Å². The highest BCUT2D eigenvalue weighted by Crippen LogP contribution is 2.70. The number of halogens is 2. The summed E-state index contributed by atoms with van der Waals surface area (Å²) in [5.74, 6) is -3.48. The first-order valence-corrected chi connectivity index (χ1v) is 10.1. The topological polar surface area (TPSA) is 50.3 Å². The van der Waals surface area contributed by atoms with E-state index in [1.165, 1.54) is 0 Å². The zero-order valence-corrected chi connectivity index (χ0v) is 17.5. The Bertz CT molecular complexity index is 1210. The molecule has 5 nitrogen and oxygen atoms in total. The first kappa shape index (κ1) is 19.5. The van der Waals surface area contributed by atoms with E-state index in [4.69, 9.17) is 4.74 Å². The van der Waals surface area contributed by atoms with E-state index in [2.05, 4.69) is 4.98 Å². The van der Waals surface area contributed by atoms with Crippen molar-refractivity contribution in [1.29, 1.82) is 0 Å². The number of likely N-dealkylation sites (tertiary alicyclic amines) is 1. The first-order valence-electron chi connectivity index (χ1n) is 10.1. The third-order valence-corrected chi connectivity index (χ3v) is 6.99. The number of methoxy groups -OCH3 is 1. The van der Waals surface area contributed by atoms with Crippen molar-refractivity contribution in [3.05, 3.63) is 69.3 Å². The normalized spacial score (nSPS) is 26.1. The van der Waals surface area contributed by atoms with E-state index in [0.717, 1.165) is 16.6 Å². The fraction of sp³-hybridized carbons (Fsp3) is 0.435. The minimum Gasteiger partial charge on any atom is -0.362 e. The van der Waals surface area contributed by atoms with Crippen LogP contribution in [0.3, 0.4) is 0 Å². The molecule has 0 bridgehead atoms. The van der Waals surface area contributed by atoms with Crippen molar-refractivity contribution in [3.8, 4) is 0 Å². The third-order valence-electron chi connectivity index (χ3n) is 6.99. The molecule has 1 aliphatic heterocycles. The van der Waals surface area contributed by atoms with Crippen LogP contribution >= 0.6 is 0 Å². The fourth-order valence-corrected chi connectivity index (χ4v) is 5.46. The zero-order chi connectivity index (χ0) is 21.4. The predicted molar refractivity (Wildman–Crippen MR) is 111 cm³/mol. The molecule has 30 heavy (non-hydrogen) atoms. The number of ether oxygens (including phenoxy) is 1. The lowest BCUT2D eigenvalue weighted by Crippen LogP contribution is -2.37.